The maximum atomic E-state index is 13.6. The number of nitrogens with zero attached hydrogens (tertiary/aromatic N) is 1. The molecular weight excluding hydrogens is 506 g/mol. The van der Waals surface area contributed by atoms with Crippen LogP contribution in [0.1, 0.15) is 55.0 Å². The number of methoxy groups -OCH3 is 1. The molecule has 3 aromatic rings. The number of rotatable bonds is 7. The van der Waals surface area contributed by atoms with E-state index in [9.17, 15) is 19.8 Å². The number of aryl methyl sites for hydroxylation is 1. The number of phenolic OH excluding ortho intramolecular Hbond substituents is 1. The van der Waals surface area contributed by atoms with Crippen LogP contribution in [0.15, 0.2) is 60.2 Å². The molecule has 1 aliphatic rings. The Balaban J connectivity index is 2.00. The molecule has 0 radical (unpaired) electrons. The third-order valence-corrected chi connectivity index (χ3v) is 6.83. The Morgan fingerprint density at radius 3 is 2.45 bits per heavy atom. The first kappa shape index (κ1) is 27.1. The van der Waals surface area contributed by atoms with Crippen LogP contribution < -0.4 is 14.4 Å². The zero-order valence-corrected chi connectivity index (χ0v) is 22.7. The van der Waals surface area contributed by atoms with E-state index in [-0.39, 0.29) is 28.7 Å². The number of phenols is 1. The van der Waals surface area contributed by atoms with Crippen LogP contribution >= 0.6 is 11.6 Å². The number of carbonyl (C=O) groups is 2. The molecule has 4 rings (SSSR count). The molecule has 1 aliphatic heterocycles. The topological polar surface area (TPSA) is 96.3 Å². The summed E-state index contributed by atoms with van der Waals surface area (Å²) in [6.07, 6.45) is 0. The number of Topliss-reactive ketones (excluding diaryl/α,β-unsaturated/α-hetero) is 1. The summed E-state index contributed by atoms with van der Waals surface area (Å²) >= 11 is 6.28. The first-order valence-corrected chi connectivity index (χ1v) is 12.7. The van der Waals surface area contributed by atoms with Crippen LogP contribution in [0.5, 0.6) is 17.2 Å². The number of aliphatic hydroxyl groups excluding tert-OH is 1. The number of ketones is 1. The Morgan fingerprint density at radius 1 is 1.05 bits per heavy atom. The maximum absolute atomic E-state index is 13.6. The summed E-state index contributed by atoms with van der Waals surface area (Å²) in [4.78, 5) is 28.4. The molecule has 1 unspecified atom stereocenters. The first-order chi connectivity index (χ1) is 18.1. The van der Waals surface area contributed by atoms with Crippen molar-refractivity contribution in [2.24, 2.45) is 0 Å². The second-order valence-electron chi connectivity index (χ2n) is 9.37. The standard InChI is InChI=1S/C30H30ClNO6/c1-6-38-25-14-18(8-11-23(25)33)27-26(28(34)19-9-12-24(37-5)21(13-19)16(2)3)29(35)30(36)32(27)22-15-20(31)10-7-17(22)4/h7-16,27,33-34H,6H2,1-5H3/b28-26+. The van der Waals surface area contributed by atoms with E-state index in [0.29, 0.717) is 34.2 Å². The predicted molar refractivity (Wildman–Crippen MR) is 147 cm³/mol. The van der Waals surface area contributed by atoms with E-state index in [0.717, 1.165) is 11.1 Å². The molecular formula is C30H30ClNO6. The van der Waals surface area contributed by atoms with E-state index in [1.54, 1.807) is 62.6 Å². The van der Waals surface area contributed by atoms with Gasteiger partial charge in [0, 0.05) is 16.3 Å². The highest BCUT2D eigenvalue weighted by atomic mass is 35.5. The minimum atomic E-state index is -1.00. The van der Waals surface area contributed by atoms with Crippen LogP contribution in [0.4, 0.5) is 5.69 Å². The molecule has 2 N–H and O–H groups in total. The Hall–Kier alpha value is -3.97. The van der Waals surface area contributed by atoms with Crippen LogP contribution in [-0.2, 0) is 9.59 Å². The molecule has 1 fully saturated rings. The van der Waals surface area contributed by atoms with Gasteiger partial charge >= 0.3 is 0 Å². The Labute approximate surface area is 226 Å². The number of hydrogen-bond donors (Lipinski definition) is 2. The van der Waals surface area contributed by atoms with Crippen molar-refractivity contribution in [3.8, 4) is 17.2 Å². The van der Waals surface area contributed by atoms with Crippen molar-refractivity contribution < 1.29 is 29.3 Å². The zero-order valence-electron chi connectivity index (χ0n) is 21.9. The number of amides is 1. The van der Waals surface area contributed by atoms with Gasteiger partial charge in [-0.25, -0.2) is 0 Å². The fourth-order valence-corrected chi connectivity index (χ4v) is 4.87. The fourth-order valence-electron chi connectivity index (χ4n) is 4.70. The number of aliphatic hydroxyl groups is 1. The van der Waals surface area contributed by atoms with Crippen molar-refractivity contribution in [2.75, 3.05) is 18.6 Å². The lowest BCUT2D eigenvalue weighted by Crippen LogP contribution is -2.30. The Bertz CT molecular complexity index is 1440. The second-order valence-corrected chi connectivity index (χ2v) is 9.81. The van der Waals surface area contributed by atoms with E-state index in [1.807, 2.05) is 20.8 Å². The minimum absolute atomic E-state index is 0.0795. The zero-order chi connectivity index (χ0) is 27.7. The van der Waals surface area contributed by atoms with Gasteiger partial charge in [0.15, 0.2) is 11.5 Å². The molecule has 1 saturated heterocycles. The third-order valence-electron chi connectivity index (χ3n) is 6.60. The number of benzene rings is 3. The van der Waals surface area contributed by atoms with Gasteiger partial charge in [0.05, 0.1) is 25.3 Å². The van der Waals surface area contributed by atoms with Crippen LogP contribution in [0.25, 0.3) is 5.76 Å². The molecule has 1 amide bonds. The lowest BCUT2D eigenvalue weighted by Gasteiger charge is -2.27. The van der Waals surface area contributed by atoms with Gasteiger partial charge in [-0.3, -0.25) is 14.5 Å². The van der Waals surface area contributed by atoms with E-state index in [2.05, 4.69) is 0 Å². The smallest absolute Gasteiger partial charge is 0.300 e. The minimum Gasteiger partial charge on any atom is -0.507 e. The fraction of sp³-hybridized carbons (Fsp3) is 0.267. The summed E-state index contributed by atoms with van der Waals surface area (Å²) in [6, 6.07) is 13.8. The van der Waals surface area contributed by atoms with Crippen molar-refractivity contribution in [1.82, 2.24) is 0 Å². The number of carbonyl (C=O) groups excluding carboxylic acids is 2. The van der Waals surface area contributed by atoms with E-state index in [1.165, 1.54) is 11.0 Å². The van der Waals surface area contributed by atoms with E-state index < -0.39 is 17.7 Å². The summed E-state index contributed by atoms with van der Waals surface area (Å²) < 4.78 is 11.0. The molecule has 38 heavy (non-hydrogen) atoms. The Morgan fingerprint density at radius 2 is 1.79 bits per heavy atom. The van der Waals surface area contributed by atoms with Crippen molar-refractivity contribution >= 4 is 34.7 Å². The van der Waals surface area contributed by atoms with Crippen molar-refractivity contribution in [3.63, 3.8) is 0 Å². The summed E-state index contributed by atoms with van der Waals surface area (Å²) in [5.74, 6) is -1.09. The summed E-state index contributed by atoms with van der Waals surface area (Å²) in [5.41, 5.74) is 2.77. The number of halogens is 1. The maximum Gasteiger partial charge on any atom is 0.300 e. The van der Waals surface area contributed by atoms with Crippen LogP contribution in [0.3, 0.4) is 0 Å². The van der Waals surface area contributed by atoms with Gasteiger partial charge in [0.1, 0.15) is 11.5 Å². The molecule has 1 atom stereocenters. The summed E-state index contributed by atoms with van der Waals surface area (Å²) in [6.45, 7) is 7.88. The largest absolute Gasteiger partial charge is 0.507 e. The predicted octanol–water partition coefficient (Wildman–Crippen LogP) is 6.51. The summed E-state index contributed by atoms with van der Waals surface area (Å²) in [7, 11) is 1.57. The average molecular weight is 536 g/mol. The number of hydrogen-bond acceptors (Lipinski definition) is 6. The van der Waals surface area contributed by atoms with E-state index >= 15 is 0 Å². The highest BCUT2D eigenvalue weighted by molar-refractivity contribution is 6.52. The molecule has 0 saturated carbocycles. The van der Waals surface area contributed by atoms with Gasteiger partial charge in [-0.2, -0.15) is 0 Å². The number of ether oxygens (including phenoxy) is 2. The van der Waals surface area contributed by atoms with Crippen LogP contribution in [0, 0.1) is 6.92 Å². The Kier molecular flexibility index (Phi) is 7.69. The third kappa shape index (κ3) is 4.82. The SMILES string of the molecule is CCOc1cc(C2/C(=C(\O)c3ccc(OC)c(C(C)C)c3)C(=O)C(=O)N2c2cc(Cl)ccc2C)ccc1O. The quantitative estimate of drug-likeness (QED) is 0.203. The molecule has 0 aliphatic carbocycles. The number of anilines is 1. The highest BCUT2D eigenvalue weighted by Crippen LogP contribution is 2.45. The molecule has 0 aromatic heterocycles. The van der Waals surface area contributed by atoms with Crippen LogP contribution in [-0.4, -0.2) is 35.6 Å². The van der Waals surface area contributed by atoms with Gasteiger partial charge in [-0.05, 0) is 78.9 Å². The lowest BCUT2D eigenvalue weighted by molar-refractivity contribution is -0.132. The second kappa shape index (κ2) is 10.8. The van der Waals surface area contributed by atoms with Gasteiger partial charge in [0.2, 0.25) is 0 Å². The van der Waals surface area contributed by atoms with Gasteiger partial charge < -0.3 is 19.7 Å². The first-order valence-electron chi connectivity index (χ1n) is 12.3. The molecule has 0 spiro atoms. The average Bonchev–Trinajstić information content (AvgIpc) is 3.16. The van der Waals surface area contributed by atoms with Crippen molar-refractivity contribution in [2.45, 2.75) is 39.7 Å². The molecule has 3 aromatic carbocycles. The van der Waals surface area contributed by atoms with Gasteiger partial charge in [-0.1, -0.05) is 37.6 Å². The normalized spacial score (nSPS) is 16.8. The molecule has 198 valence electrons. The van der Waals surface area contributed by atoms with Gasteiger partial charge in [0.25, 0.3) is 11.7 Å². The molecule has 8 heteroatoms. The molecule has 7 nitrogen and oxygen atoms in total. The molecule has 0 bridgehead atoms. The van der Waals surface area contributed by atoms with Crippen molar-refractivity contribution in [3.05, 3.63) is 87.4 Å². The van der Waals surface area contributed by atoms with E-state index in [4.69, 9.17) is 21.1 Å². The van der Waals surface area contributed by atoms with Crippen LogP contribution in [0.2, 0.25) is 5.02 Å². The monoisotopic (exact) mass is 535 g/mol. The van der Waals surface area contributed by atoms with Gasteiger partial charge in [-0.15, -0.1) is 0 Å². The summed E-state index contributed by atoms with van der Waals surface area (Å²) in [5, 5.41) is 22.2. The number of aromatic hydroxyl groups is 1. The molecule has 1 heterocycles. The lowest BCUT2D eigenvalue weighted by atomic mass is 9.92. The highest BCUT2D eigenvalue weighted by Gasteiger charge is 2.47. The van der Waals surface area contributed by atoms with Crippen molar-refractivity contribution in [1.29, 1.82) is 0 Å².